The van der Waals surface area contributed by atoms with Gasteiger partial charge in [-0.15, -0.1) is 0 Å². The van der Waals surface area contributed by atoms with E-state index in [1.807, 2.05) is 0 Å². The molecular weight excluding hydrogens is 265 g/mol. The van der Waals surface area contributed by atoms with Gasteiger partial charge in [-0.3, -0.25) is 0 Å². The van der Waals surface area contributed by atoms with Gasteiger partial charge in [0.25, 0.3) is 0 Å². The molecule has 54 valence electrons. The molecule has 0 bridgehead atoms. The normalized spacial score (nSPS) is 9.90. The standard InChI is InChI=1S/C6H4Br2FN/c7-2-4-1-5(8)6(9)10-3-4/h1,3H,2H2. The molecule has 0 unspecified atom stereocenters. The SMILES string of the molecule is Fc1ncc(CBr)cc1Br. The lowest BCUT2D eigenvalue weighted by Crippen LogP contribution is -1.86. The molecule has 0 spiro atoms. The summed E-state index contributed by atoms with van der Waals surface area (Å²) in [7, 11) is 0. The van der Waals surface area contributed by atoms with Crippen LogP contribution in [0.5, 0.6) is 0 Å². The van der Waals surface area contributed by atoms with E-state index in [1.54, 1.807) is 6.07 Å². The van der Waals surface area contributed by atoms with Gasteiger partial charge in [0.2, 0.25) is 5.95 Å². The topological polar surface area (TPSA) is 12.9 Å². The van der Waals surface area contributed by atoms with Crippen LogP contribution in [0.25, 0.3) is 0 Å². The molecule has 0 atom stereocenters. The number of alkyl halides is 1. The first kappa shape index (κ1) is 8.14. The molecule has 1 rings (SSSR count). The van der Waals surface area contributed by atoms with E-state index in [0.29, 0.717) is 9.80 Å². The molecule has 0 radical (unpaired) electrons. The molecule has 1 aromatic heterocycles. The molecule has 1 aromatic rings. The molecule has 0 amide bonds. The summed E-state index contributed by atoms with van der Waals surface area (Å²) in [6.45, 7) is 0. The second-order valence-corrected chi connectivity index (χ2v) is 3.16. The van der Waals surface area contributed by atoms with Crippen molar-refractivity contribution in [3.8, 4) is 0 Å². The lowest BCUT2D eigenvalue weighted by Gasteiger charge is -1.95. The van der Waals surface area contributed by atoms with Crippen molar-refractivity contribution < 1.29 is 4.39 Å². The van der Waals surface area contributed by atoms with Crippen LogP contribution in [0.4, 0.5) is 4.39 Å². The fraction of sp³-hybridized carbons (Fsp3) is 0.167. The molecule has 1 nitrogen and oxygen atoms in total. The largest absolute Gasteiger partial charge is 0.227 e. The second kappa shape index (κ2) is 3.44. The summed E-state index contributed by atoms with van der Waals surface area (Å²) in [4.78, 5) is 3.51. The number of hydrogen-bond acceptors (Lipinski definition) is 1. The molecule has 1 heterocycles. The Morgan fingerprint density at radius 3 is 2.80 bits per heavy atom. The third kappa shape index (κ3) is 1.76. The Kier molecular flexibility index (Phi) is 2.80. The van der Waals surface area contributed by atoms with Crippen molar-refractivity contribution in [3.05, 3.63) is 28.2 Å². The maximum absolute atomic E-state index is 12.5. The van der Waals surface area contributed by atoms with Crippen molar-refractivity contribution in [2.24, 2.45) is 0 Å². The summed E-state index contributed by atoms with van der Waals surface area (Å²) < 4.78 is 12.9. The first-order valence-electron chi connectivity index (χ1n) is 2.60. The number of halogens is 3. The van der Waals surface area contributed by atoms with Crippen LogP contribution in [0.2, 0.25) is 0 Å². The predicted molar refractivity (Wildman–Crippen MR) is 44.5 cm³/mol. The summed E-state index contributed by atoms with van der Waals surface area (Å²) in [5, 5.41) is 0.693. The van der Waals surface area contributed by atoms with Crippen LogP contribution in [0, 0.1) is 5.95 Å². The molecular formula is C6H4Br2FN. The highest BCUT2D eigenvalue weighted by atomic mass is 79.9. The van der Waals surface area contributed by atoms with Gasteiger partial charge >= 0.3 is 0 Å². The molecule has 10 heavy (non-hydrogen) atoms. The quantitative estimate of drug-likeness (QED) is 0.564. The minimum absolute atomic E-state index is 0.407. The van der Waals surface area contributed by atoms with Gasteiger partial charge in [-0.1, -0.05) is 15.9 Å². The van der Waals surface area contributed by atoms with Gasteiger partial charge in [-0.05, 0) is 27.6 Å². The van der Waals surface area contributed by atoms with Crippen molar-refractivity contribution in [1.29, 1.82) is 0 Å². The number of pyridine rings is 1. The van der Waals surface area contributed by atoms with E-state index >= 15 is 0 Å². The van der Waals surface area contributed by atoms with Crippen molar-refractivity contribution in [2.45, 2.75) is 5.33 Å². The van der Waals surface area contributed by atoms with Crippen molar-refractivity contribution >= 4 is 31.9 Å². The van der Waals surface area contributed by atoms with Crippen LogP contribution in [0.15, 0.2) is 16.7 Å². The van der Waals surface area contributed by atoms with Gasteiger partial charge in [0.05, 0.1) is 4.47 Å². The Hall–Kier alpha value is 0.0400. The summed E-state index contributed by atoms with van der Waals surface area (Å²) in [5.41, 5.74) is 0.952. The molecule has 0 fully saturated rings. The molecule has 0 aromatic carbocycles. The predicted octanol–water partition coefficient (Wildman–Crippen LogP) is 2.88. The van der Waals surface area contributed by atoms with Crippen LogP contribution >= 0.6 is 31.9 Å². The highest BCUT2D eigenvalue weighted by molar-refractivity contribution is 9.10. The van der Waals surface area contributed by atoms with Gasteiger partial charge in [0.1, 0.15) is 0 Å². The highest BCUT2D eigenvalue weighted by Crippen LogP contribution is 2.15. The first-order valence-corrected chi connectivity index (χ1v) is 4.51. The van der Waals surface area contributed by atoms with Crippen LogP contribution < -0.4 is 0 Å². The van der Waals surface area contributed by atoms with Crippen molar-refractivity contribution in [3.63, 3.8) is 0 Å². The van der Waals surface area contributed by atoms with Gasteiger partial charge < -0.3 is 0 Å². The fourth-order valence-corrected chi connectivity index (χ4v) is 1.24. The number of rotatable bonds is 1. The highest BCUT2D eigenvalue weighted by Gasteiger charge is 1.99. The lowest BCUT2D eigenvalue weighted by atomic mass is 10.3. The zero-order valence-corrected chi connectivity index (χ0v) is 8.11. The summed E-state index contributed by atoms with van der Waals surface area (Å²) in [5.74, 6) is -0.468. The third-order valence-corrected chi connectivity index (χ3v) is 2.21. The Labute approximate surface area is 74.9 Å². The van der Waals surface area contributed by atoms with Gasteiger partial charge in [-0.2, -0.15) is 4.39 Å². The third-order valence-electron chi connectivity index (χ3n) is 1.01. The van der Waals surface area contributed by atoms with Crippen LogP contribution in [0.1, 0.15) is 5.56 Å². The summed E-state index contributed by atoms with van der Waals surface area (Å²) in [6, 6.07) is 1.69. The fourth-order valence-electron chi connectivity index (χ4n) is 0.534. The zero-order valence-electron chi connectivity index (χ0n) is 4.94. The molecule has 0 aliphatic heterocycles. The van der Waals surface area contributed by atoms with Crippen LogP contribution in [0.3, 0.4) is 0 Å². The average Bonchev–Trinajstić information content (AvgIpc) is 1.95. The van der Waals surface area contributed by atoms with E-state index in [9.17, 15) is 4.39 Å². The van der Waals surface area contributed by atoms with E-state index in [4.69, 9.17) is 0 Å². The smallest absolute Gasteiger partial charge is 0.227 e. The number of aromatic nitrogens is 1. The number of nitrogens with zero attached hydrogens (tertiary/aromatic N) is 1. The van der Waals surface area contributed by atoms with Crippen LogP contribution in [-0.2, 0) is 5.33 Å². The van der Waals surface area contributed by atoms with E-state index in [2.05, 4.69) is 36.8 Å². The lowest BCUT2D eigenvalue weighted by molar-refractivity contribution is 0.576. The van der Waals surface area contributed by atoms with E-state index in [0.717, 1.165) is 5.56 Å². The Morgan fingerprint density at radius 2 is 2.30 bits per heavy atom. The van der Waals surface area contributed by atoms with Gasteiger partial charge in [-0.25, -0.2) is 4.98 Å². The molecule has 0 saturated carbocycles. The Morgan fingerprint density at radius 1 is 1.60 bits per heavy atom. The maximum atomic E-state index is 12.5. The molecule has 0 aliphatic carbocycles. The summed E-state index contributed by atoms with van der Waals surface area (Å²) >= 11 is 6.26. The molecule has 0 N–H and O–H groups in total. The van der Waals surface area contributed by atoms with E-state index in [-0.39, 0.29) is 0 Å². The zero-order chi connectivity index (χ0) is 7.56. The second-order valence-electron chi connectivity index (χ2n) is 1.75. The van der Waals surface area contributed by atoms with E-state index in [1.165, 1.54) is 6.20 Å². The minimum Gasteiger partial charge on any atom is -0.227 e. The maximum Gasteiger partial charge on any atom is 0.227 e. The Bertz CT molecular complexity index is 239. The summed E-state index contributed by atoms with van der Waals surface area (Å²) in [6.07, 6.45) is 1.49. The molecule has 0 saturated heterocycles. The monoisotopic (exact) mass is 267 g/mol. The average molecular weight is 269 g/mol. The van der Waals surface area contributed by atoms with Gasteiger partial charge in [0, 0.05) is 11.5 Å². The first-order chi connectivity index (χ1) is 4.74. The minimum atomic E-state index is -0.468. The van der Waals surface area contributed by atoms with Crippen LogP contribution in [-0.4, -0.2) is 4.98 Å². The number of hydrogen-bond donors (Lipinski definition) is 0. The molecule has 4 heteroatoms. The van der Waals surface area contributed by atoms with E-state index < -0.39 is 5.95 Å². The van der Waals surface area contributed by atoms with Crippen molar-refractivity contribution in [2.75, 3.05) is 0 Å². The Balaban J connectivity index is 3.04. The molecule has 0 aliphatic rings. The van der Waals surface area contributed by atoms with Crippen molar-refractivity contribution in [1.82, 2.24) is 4.98 Å². The van der Waals surface area contributed by atoms with Gasteiger partial charge in [0.15, 0.2) is 0 Å².